The number of carbonyl (C=O) groups excluding carboxylic acids is 1. The lowest BCUT2D eigenvalue weighted by Crippen LogP contribution is -2.42. The van der Waals surface area contributed by atoms with Crippen LogP contribution in [0, 0.1) is 11.8 Å². The van der Waals surface area contributed by atoms with Crippen LogP contribution in [0.4, 0.5) is 5.82 Å². The molecule has 1 amide bonds. The topological polar surface area (TPSA) is 72.1 Å². The minimum Gasteiger partial charge on any atom is -0.382 e. The van der Waals surface area contributed by atoms with Crippen molar-refractivity contribution in [2.75, 3.05) is 18.8 Å². The predicted molar refractivity (Wildman–Crippen MR) is 65.3 cm³/mol. The molecule has 17 heavy (non-hydrogen) atoms. The molecule has 2 unspecified atom stereocenters. The number of hydrogen-bond donors (Lipinski definition) is 1. The highest BCUT2D eigenvalue weighted by Crippen LogP contribution is 2.23. The average Bonchev–Trinajstić information content (AvgIpc) is 2.33. The van der Waals surface area contributed by atoms with Crippen molar-refractivity contribution in [3.8, 4) is 0 Å². The molecule has 2 N–H and O–H groups in total. The van der Waals surface area contributed by atoms with Gasteiger partial charge >= 0.3 is 0 Å². The molecular weight excluding hydrogens is 216 g/mol. The van der Waals surface area contributed by atoms with Gasteiger partial charge < -0.3 is 10.6 Å². The molecule has 1 aliphatic rings. The number of nitrogens with two attached hydrogens (primary N) is 1. The number of piperidine rings is 1. The van der Waals surface area contributed by atoms with Crippen LogP contribution in [0.25, 0.3) is 0 Å². The molecule has 0 spiro atoms. The zero-order valence-corrected chi connectivity index (χ0v) is 10.3. The standard InChI is InChI=1S/C12H18N4O/c1-8-3-4-16(7-9(8)2)12(17)10-5-15-11(13)6-14-10/h5-6,8-9H,3-4,7H2,1-2H3,(H2,13,15). The largest absolute Gasteiger partial charge is 0.382 e. The van der Waals surface area contributed by atoms with Gasteiger partial charge in [0.1, 0.15) is 11.5 Å². The second kappa shape index (κ2) is 4.69. The summed E-state index contributed by atoms with van der Waals surface area (Å²) in [6, 6.07) is 0. The summed E-state index contributed by atoms with van der Waals surface area (Å²) in [7, 11) is 0. The van der Waals surface area contributed by atoms with E-state index in [1.807, 2.05) is 4.90 Å². The van der Waals surface area contributed by atoms with Crippen molar-refractivity contribution < 1.29 is 4.79 Å². The Bertz CT molecular complexity index is 403. The molecule has 0 bridgehead atoms. The summed E-state index contributed by atoms with van der Waals surface area (Å²) in [6.07, 6.45) is 3.92. The molecule has 1 aromatic rings. The van der Waals surface area contributed by atoms with Gasteiger partial charge in [-0.05, 0) is 18.3 Å². The first-order valence-corrected chi connectivity index (χ1v) is 5.94. The minimum absolute atomic E-state index is 0.0451. The van der Waals surface area contributed by atoms with E-state index in [1.165, 1.54) is 12.4 Å². The van der Waals surface area contributed by atoms with Gasteiger partial charge in [0.05, 0.1) is 12.4 Å². The van der Waals surface area contributed by atoms with Crippen LogP contribution < -0.4 is 5.73 Å². The van der Waals surface area contributed by atoms with E-state index in [9.17, 15) is 4.79 Å². The fourth-order valence-corrected chi connectivity index (χ4v) is 2.06. The van der Waals surface area contributed by atoms with Crippen LogP contribution in [0.15, 0.2) is 12.4 Å². The first kappa shape index (κ1) is 11.8. The van der Waals surface area contributed by atoms with E-state index in [4.69, 9.17) is 5.73 Å². The lowest BCUT2D eigenvalue weighted by Gasteiger charge is -2.35. The van der Waals surface area contributed by atoms with Gasteiger partial charge in [-0.3, -0.25) is 4.79 Å². The number of anilines is 1. The SMILES string of the molecule is CC1CCN(C(=O)c2cnc(N)cn2)CC1C. The predicted octanol–water partition coefficient (Wildman–Crippen LogP) is 1.18. The van der Waals surface area contributed by atoms with Gasteiger partial charge in [-0.1, -0.05) is 13.8 Å². The number of nitrogens with zero attached hydrogens (tertiary/aromatic N) is 3. The third kappa shape index (κ3) is 2.54. The maximum absolute atomic E-state index is 12.1. The van der Waals surface area contributed by atoms with E-state index >= 15 is 0 Å². The van der Waals surface area contributed by atoms with Gasteiger partial charge in [0, 0.05) is 13.1 Å². The highest BCUT2D eigenvalue weighted by Gasteiger charge is 2.27. The zero-order valence-electron chi connectivity index (χ0n) is 10.3. The highest BCUT2D eigenvalue weighted by molar-refractivity contribution is 5.92. The van der Waals surface area contributed by atoms with Gasteiger partial charge in [-0.15, -0.1) is 0 Å². The Labute approximate surface area is 101 Å². The quantitative estimate of drug-likeness (QED) is 0.792. The highest BCUT2D eigenvalue weighted by atomic mass is 16.2. The normalized spacial score (nSPS) is 24.7. The third-order valence-corrected chi connectivity index (χ3v) is 3.51. The van der Waals surface area contributed by atoms with Crippen LogP contribution >= 0.6 is 0 Å². The first-order chi connectivity index (χ1) is 8.08. The first-order valence-electron chi connectivity index (χ1n) is 5.94. The molecule has 1 aromatic heterocycles. The van der Waals surface area contributed by atoms with Crippen LogP contribution in [0.3, 0.4) is 0 Å². The van der Waals surface area contributed by atoms with Crippen molar-refractivity contribution in [1.29, 1.82) is 0 Å². The van der Waals surface area contributed by atoms with Crippen LogP contribution in [-0.2, 0) is 0 Å². The molecular formula is C12H18N4O. The summed E-state index contributed by atoms with van der Waals surface area (Å²) in [6.45, 7) is 6.01. The van der Waals surface area contributed by atoms with E-state index in [0.29, 0.717) is 23.3 Å². The lowest BCUT2D eigenvalue weighted by molar-refractivity contribution is 0.0621. The molecule has 1 fully saturated rings. The van der Waals surface area contributed by atoms with Crippen molar-refractivity contribution in [2.45, 2.75) is 20.3 Å². The number of likely N-dealkylation sites (tertiary alicyclic amines) is 1. The molecule has 0 radical (unpaired) electrons. The Morgan fingerprint density at radius 1 is 1.35 bits per heavy atom. The Hall–Kier alpha value is -1.65. The van der Waals surface area contributed by atoms with Crippen molar-refractivity contribution in [3.05, 3.63) is 18.1 Å². The Morgan fingerprint density at radius 3 is 2.71 bits per heavy atom. The number of nitrogen functional groups attached to an aromatic ring is 1. The minimum atomic E-state index is -0.0451. The maximum atomic E-state index is 12.1. The Kier molecular flexibility index (Phi) is 3.26. The fourth-order valence-electron chi connectivity index (χ4n) is 2.06. The molecule has 1 saturated heterocycles. The summed E-state index contributed by atoms with van der Waals surface area (Å²) >= 11 is 0. The van der Waals surface area contributed by atoms with E-state index in [2.05, 4.69) is 23.8 Å². The number of rotatable bonds is 1. The number of carbonyl (C=O) groups is 1. The van der Waals surface area contributed by atoms with Gasteiger partial charge in [0.2, 0.25) is 0 Å². The smallest absolute Gasteiger partial charge is 0.274 e. The van der Waals surface area contributed by atoms with E-state index in [0.717, 1.165) is 19.5 Å². The summed E-state index contributed by atoms with van der Waals surface area (Å²) < 4.78 is 0. The fraction of sp³-hybridized carbons (Fsp3) is 0.583. The van der Waals surface area contributed by atoms with Gasteiger partial charge in [-0.25, -0.2) is 9.97 Å². The van der Waals surface area contributed by atoms with Crippen molar-refractivity contribution >= 4 is 11.7 Å². The molecule has 2 heterocycles. The Balaban J connectivity index is 2.08. The summed E-state index contributed by atoms with van der Waals surface area (Å²) in [4.78, 5) is 21.9. The third-order valence-electron chi connectivity index (χ3n) is 3.51. The van der Waals surface area contributed by atoms with Gasteiger partial charge in [0.15, 0.2) is 0 Å². The molecule has 92 valence electrons. The molecule has 0 aliphatic carbocycles. The van der Waals surface area contributed by atoms with Crippen LogP contribution in [0.2, 0.25) is 0 Å². The molecule has 5 nitrogen and oxygen atoms in total. The van der Waals surface area contributed by atoms with E-state index in [1.54, 1.807) is 0 Å². The molecule has 1 aliphatic heterocycles. The lowest BCUT2D eigenvalue weighted by atomic mass is 9.88. The Morgan fingerprint density at radius 2 is 2.12 bits per heavy atom. The number of amides is 1. The average molecular weight is 234 g/mol. The van der Waals surface area contributed by atoms with E-state index in [-0.39, 0.29) is 5.91 Å². The molecule has 2 rings (SSSR count). The summed E-state index contributed by atoms with van der Waals surface area (Å²) in [5, 5.41) is 0. The zero-order chi connectivity index (χ0) is 12.4. The molecule has 0 aromatic carbocycles. The second-order valence-electron chi connectivity index (χ2n) is 4.82. The molecule has 5 heteroatoms. The number of hydrogen-bond acceptors (Lipinski definition) is 4. The second-order valence-corrected chi connectivity index (χ2v) is 4.82. The van der Waals surface area contributed by atoms with Crippen molar-refractivity contribution in [2.24, 2.45) is 11.8 Å². The van der Waals surface area contributed by atoms with Gasteiger partial charge in [-0.2, -0.15) is 0 Å². The number of aromatic nitrogens is 2. The van der Waals surface area contributed by atoms with E-state index < -0.39 is 0 Å². The maximum Gasteiger partial charge on any atom is 0.274 e. The van der Waals surface area contributed by atoms with Crippen molar-refractivity contribution in [1.82, 2.24) is 14.9 Å². The monoisotopic (exact) mass is 234 g/mol. The van der Waals surface area contributed by atoms with Crippen molar-refractivity contribution in [3.63, 3.8) is 0 Å². The van der Waals surface area contributed by atoms with Crippen LogP contribution in [-0.4, -0.2) is 33.9 Å². The molecule has 2 atom stereocenters. The summed E-state index contributed by atoms with van der Waals surface area (Å²) in [5.74, 6) is 1.50. The molecule has 0 saturated carbocycles. The summed E-state index contributed by atoms with van der Waals surface area (Å²) in [5.41, 5.74) is 5.82. The van der Waals surface area contributed by atoms with Gasteiger partial charge in [0.25, 0.3) is 5.91 Å². The van der Waals surface area contributed by atoms with Crippen LogP contribution in [0.5, 0.6) is 0 Å². The van der Waals surface area contributed by atoms with Crippen LogP contribution in [0.1, 0.15) is 30.8 Å².